The number of likely N-dealkylation sites (tertiary alicyclic amines) is 1. The fraction of sp³-hybridized carbons (Fsp3) is 0.476. The van der Waals surface area contributed by atoms with Crippen molar-refractivity contribution in [2.24, 2.45) is 7.05 Å². The van der Waals surface area contributed by atoms with Crippen molar-refractivity contribution < 1.29 is 13.2 Å². The summed E-state index contributed by atoms with van der Waals surface area (Å²) in [4.78, 5) is 14.9. The van der Waals surface area contributed by atoms with Crippen LogP contribution < -0.4 is 4.72 Å². The number of hydrogen-bond donors (Lipinski definition) is 1. The van der Waals surface area contributed by atoms with Gasteiger partial charge in [-0.25, -0.2) is 8.42 Å². The molecule has 1 aromatic carbocycles. The maximum atomic E-state index is 13.1. The Labute approximate surface area is 167 Å². The normalized spacial score (nSPS) is 15.0. The summed E-state index contributed by atoms with van der Waals surface area (Å²) in [7, 11) is -2.07. The Balaban J connectivity index is 1.96. The number of rotatable bonds is 4. The molecule has 1 amide bonds. The van der Waals surface area contributed by atoms with E-state index in [1.54, 1.807) is 18.5 Å². The van der Waals surface area contributed by atoms with E-state index in [-0.39, 0.29) is 10.8 Å². The molecule has 3 rings (SSSR count). The molecule has 0 radical (unpaired) electrons. The predicted octanol–water partition coefficient (Wildman–Crippen LogP) is 3.69. The Morgan fingerprint density at radius 2 is 1.54 bits per heavy atom. The van der Waals surface area contributed by atoms with Gasteiger partial charge in [0.1, 0.15) is 10.6 Å². The average molecular weight is 404 g/mol. The number of sulfonamides is 1. The van der Waals surface area contributed by atoms with Crippen LogP contribution in [-0.4, -0.2) is 36.9 Å². The van der Waals surface area contributed by atoms with Crippen molar-refractivity contribution in [1.82, 2.24) is 9.47 Å². The summed E-state index contributed by atoms with van der Waals surface area (Å²) in [5.41, 5.74) is 4.40. The maximum absolute atomic E-state index is 13.1. The molecule has 0 bridgehead atoms. The number of nitrogens with one attached hydrogen (secondary N) is 1. The van der Waals surface area contributed by atoms with E-state index in [1.165, 1.54) is 6.07 Å². The number of carbonyl (C=O) groups is 1. The molecule has 1 saturated heterocycles. The van der Waals surface area contributed by atoms with Crippen molar-refractivity contribution in [3.8, 4) is 0 Å². The van der Waals surface area contributed by atoms with Gasteiger partial charge in [0.15, 0.2) is 0 Å². The van der Waals surface area contributed by atoms with Crippen molar-refractivity contribution in [1.29, 1.82) is 0 Å². The molecule has 1 aliphatic rings. The lowest BCUT2D eigenvalue weighted by atomic mass is 10.1. The van der Waals surface area contributed by atoms with Crippen LogP contribution in [0.1, 0.15) is 52.1 Å². The summed E-state index contributed by atoms with van der Waals surface area (Å²) in [5.74, 6) is -0.102. The number of nitrogens with zero attached hydrogens (tertiary/aromatic N) is 2. The molecule has 152 valence electrons. The van der Waals surface area contributed by atoms with Gasteiger partial charge in [0.25, 0.3) is 15.9 Å². The van der Waals surface area contributed by atoms with E-state index in [0.29, 0.717) is 17.1 Å². The minimum Gasteiger partial charge on any atom is -0.343 e. The Morgan fingerprint density at radius 3 is 2.11 bits per heavy atom. The van der Waals surface area contributed by atoms with Gasteiger partial charge in [0.2, 0.25) is 0 Å². The molecule has 0 spiro atoms. The molecule has 6 nitrogen and oxygen atoms in total. The summed E-state index contributed by atoms with van der Waals surface area (Å²) >= 11 is 0. The van der Waals surface area contributed by atoms with E-state index >= 15 is 0 Å². The third kappa shape index (κ3) is 3.81. The lowest BCUT2D eigenvalue weighted by Gasteiger charge is -2.26. The Kier molecular flexibility index (Phi) is 5.57. The number of amides is 1. The first kappa shape index (κ1) is 20.5. The van der Waals surface area contributed by atoms with Gasteiger partial charge < -0.3 is 9.47 Å². The third-order valence-electron chi connectivity index (χ3n) is 5.55. The van der Waals surface area contributed by atoms with Gasteiger partial charge in [-0.2, -0.15) is 0 Å². The van der Waals surface area contributed by atoms with Crippen LogP contribution >= 0.6 is 0 Å². The monoisotopic (exact) mass is 403 g/mol. The second-order valence-electron chi connectivity index (χ2n) is 7.77. The van der Waals surface area contributed by atoms with Crippen LogP contribution in [0.3, 0.4) is 0 Å². The number of carbonyl (C=O) groups excluding carboxylic acids is 1. The molecule has 0 unspecified atom stereocenters. The zero-order chi connectivity index (χ0) is 20.6. The first-order valence-electron chi connectivity index (χ1n) is 9.68. The summed E-state index contributed by atoms with van der Waals surface area (Å²) in [6, 6.07) is 5.41. The smallest absolute Gasteiger partial charge is 0.270 e. The molecule has 28 heavy (non-hydrogen) atoms. The van der Waals surface area contributed by atoms with Crippen LogP contribution in [0.25, 0.3) is 0 Å². The molecule has 0 atom stereocenters. The molecule has 0 saturated carbocycles. The quantitative estimate of drug-likeness (QED) is 0.846. The zero-order valence-corrected chi connectivity index (χ0v) is 18.1. The highest BCUT2D eigenvalue weighted by atomic mass is 32.2. The Hall–Kier alpha value is -2.28. The fourth-order valence-electron chi connectivity index (χ4n) is 3.94. The molecule has 2 aromatic rings. The van der Waals surface area contributed by atoms with E-state index in [9.17, 15) is 13.2 Å². The highest BCUT2D eigenvalue weighted by molar-refractivity contribution is 7.92. The molecule has 1 N–H and O–H groups in total. The summed E-state index contributed by atoms with van der Waals surface area (Å²) in [6.45, 7) is 8.95. The van der Waals surface area contributed by atoms with Crippen molar-refractivity contribution in [3.63, 3.8) is 0 Å². The highest BCUT2D eigenvalue weighted by Crippen LogP contribution is 2.28. The first-order chi connectivity index (χ1) is 13.1. The summed E-state index contributed by atoms with van der Waals surface area (Å²) in [6.07, 6.45) is 3.12. The van der Waals surface area contributed by atoms with E-state index in [1.807, 2.05) is 37.8 Å². The highest BCUT2D eigenvalue weighted by Gasteiger charge is 2.28. The summed E-state index contributed by atoms with van der Waals surface area (Å²) < 4.78 is 30.7. The van der Waals surface area contributed by atoms with Crippen LogP contribution in [0.15, 0.2) is 23.1 Å². The number of aryl methyl sites for hydroxylation is 3. The van der Waals surface area contributed by atoms with Crippen LogP contribution in [0, 0.1) is 27.7 Å². The van der Waals surface area contributed by atoms with Crippen molar-refractivity contribution >= 4 is 21.6 Å². The predicted molar refractivity (Wildman–Crippen MR) is 111 cm³/mol. The number of benzene rings is 1. The van der Waals surface area contributed by atoms with Crippen LogP contribution in [0.4, 0.5) is 5.69 Å². The second-order valence-corrected chi connectivity index (χ2v) is 9.42. The number of aromatic nitrogens is 1. The van der Waals surface area contributed by atoms with Gasteiger partial charge in [-0.1, -0.05) is 17.7 Å². The van der Waals surface area contributed by atoms with Gasteiger partial charge in [-0.15, -0.1) is 0 Å². The minimum atomic E-state index is -3.81. The maximum Gasteiger partial charge on any atom is 0.270 e. The molecular weight excluding hydrogens is 374 g/mol. The topological polar surface area (TPSA) is 71.4 Å². The lowest BCUT2D eigenvalue weighted by molar-refractivity contribution is 0.0714. The second kappa shape index (κ2) is 7.62. The molecule has 7 heteroatoms. The van der Waals surface area contributed by atoms with Crippen LogP contribution in [-0.2, 0) is 17.1 Å². The Bertz CT molecular complexity index is 993. The molecule has 1 aliphatic heterocycles. The summed E-state index contributed by atoms with van der Waals surface area (Å²) in [5, 5.41) is 0. The van der Waals surface area contributed by atoms with Crippen molar-refractivity contribution in [3.05, 3.63) is 46.3 Å². The van der Waals surface area contributed by atoms with E-state index < -0.39 is 10.0 Å². The third-order valence-corrected chi connectivity index (χ3v) is 7.02. The van der Waals surface area contributed by atoms with E-state index in [0.717, 1.165) is 49.0 Å². The zero-order valence-electron chi connectivity index (χ0n) is 17.3. The van der Waals surface area contributed by atoms with E-state index in [4.69, 9.17) is 0 Å². The van der Waals surface area contributed by atoms with Gasteiger partial charge in [-0.05, 0) is 64.2 Å². The largest absolute Gasteiger partial charge is 0.343 e. The Morgan fingerprint density at radius 1 is 0.964 bits per heavy atom. The van der Waals surface area contributed by atoms with E-state index in [2.05, 4.69) is 4.72 Å². The van der Waals surface area contributed by atoms with Gasteiger partial charge >= 0.3 is 0 Å². The molecular formula is C21H29N3O3S. The first-order valence-corrected chi connectivity index (χ1v) is 11.2. The standard InChI is InChI=1S/C21H29N3O3S/c1-14-11-15(2)20(16(3)12-14)22-28(26,27)19-13-18(23(5)17(19)4)21(25)24-9-7-6-8-10-24/h11-13,22H,6-10H2,1-5H3. The van der Waals surface area contributed by atoms with Crippen LogP contribution in [0.5, 0.6) is 0 Å². The van der Waals surface area contributed by atoms with Crippen molar-refractivity contribution in [2.75, 3.05) is 17.8 Å². The average Bonchev–Trinajstić information content (AvgIpc) is 2.94. The molecule has 2 heterocycles. The fourth-order valence-corrected chi connectivity index (χ4v) is 5.43. The number of hydrogen-bond acceptors (Lipinski definition) is 3. The SMILES string of the molecule is Cc1cc(C)c(NS(=O)(=O)c2cc(C(=O)N3CCCCC3)n(C)c2C)c(C)c1. The number of anilines is 1. The minimum absolute atomic E-state index is 0.102. The number of piperidine rings is 1. The van der Waals surface area contributed by atoms with Gasteiger partial charge in [0, 0.05) is 25.8 Å². The van der Waals surface area contributed by atoms with Crippen molar-refractivity contribution in [2.45, 2.75) is 51.9 Å². The lowest BCUT2D eigenvalue weighted by Crippen LogP contribution is -2.36. The van der Waals surface area contributed by atoms with Crippen LogP contribution in [0.2, 0.25) is 0 Å². The molecule has 1 fully saturated rings. The molecule has 0 aliphatic carbocycles. The van der Waals surface area contributed by atoms with Gasteiger partial charge in [0.05, 0.1) is 5.69 Å². The van der Waals surface area contributed by atoms with Gasteiger partial charge in [-0.3, -0.25) is 9.52 Å². The molecule has 1 aromatic heterocycles.